The van der Waals surface area contributed by atoms with E-state index in [0.717, 1.165) is 9.79 Å². The molecule has 3 rings (SSSR count). The smallest absolute Gasteiger partial charge is 0.306 e. The number of benzene rings is 3. The van der Waals surface area contributed by atoms with Crippen molar-refractivity contribution in [2.24, 2.45) is 0 Å². The lowest BCUT2D eigenvalue weighted by Gasteiger charge is -2.09. The van der Waals surface area contributed by atoms with E-state index in [2.05, 4.69) is 16.2 Å². The van der Waals surface area contributed by atoms with E-state index in [-0.39, 0.29) is 29.3 Å². The Hall–Kier alpha value is -3.53. The number of carbonyl (C=O) groups excluding carboxylic acids is 4. The van der Waals surface area contributed by atoms with Gasteiger partial charge in [-0.2, -0.15) is 0 Å². The third-order valence-corrected chi connectivity index (χ3v) is 6.14. The van der Waals surface area contributed by atoms with Gasteiger partial charge in [0, 0.05) is 26.9 Å². The Kier molecular flexibility index (Phi) is 10.2. The van der Waals surface area contributed by atoms with E-state index in [1.54, 1.807) is 36.0 Å². The number of halogens is 2. The first-order valence-electron chi connectivity index (χ1n) is 10.6. The first kappa shape index (κ1) is 27.1. The number of carbonyl (C=O) groups is 4. The molecule has 0 aromatic heterocycles. The van der Waals surface area contributed by atoms with Gasteiger partial charge in [0.15, 0.2) is 6.61 Å². The maximum Gasteiger partial charge on any atom is 0.306 e. The summed E-state index contributed by atoms with van der Waals surface area (Å²) in [5.41, 5.74) is 5.06. The highest BCUT2D eigenvalue weighted by molar-refractivity contribution is 7.99. The lowest BCUT2D eigenvalue weighted by molar-refractivity contribution is -0.149. The second kappa shape index (κ2) is 13.5. The fourth-order valence-electron chi connectivity index (χ4n) is 2.78. The Labute approximate surface area is 221 Å². The monoisotopic (exact) mass is 545 g/mol. The van der Waals surface area contributed by atoms with Crippen molar-refractivity contribution in [3.8, 4) is 0 Å². The third-order valence-electron chi connectivity index (χ3n) is 4.54. The summed E-state index contributed by atoms with van der Waals surface area (Å²) in [6, 6.07) is 21.0. The molecule has 3 N–H and O–H groups in total. The summed E-state index contributed by atoms with van der Waals surface area (Å²) in [4.78, 5) is 49.8. The van der Waals surface area contributed by atoms with Gasteiger partial charge in [0.05, 0.1) is 17.0 Å². The molecule has 0 saturated heterocycles. The van der Waals surface area contributed by atoms with Gasteiger partial charge >= 0.3 is 5.97 Å². The number of ether oxygens (including phenoxy) is 1. The quantitative estimate of drug-likeness (QED) is 0.261. The summed E-state index contributed by atoms with van der Waals surface area (Å²) in [5.74, 6) is -2.47. The van der Waals surface area contributed by atoms with Crippen LogP contribution in [0.2, 0.25) is 10.0 Å². The molecule has 8 nitrogen and oxygen atoms in total. The number of hydrogen-bond acceptors (Lipinski definition) is 6. The van der Waals surface area contributed by atoms with E-state index in [1.165, 1.54) is 12.1 Å². The summed E-state index contributed by atoms with van der Waals surface area (Å²) in [7, 11) is 0. The molecule has 0 radical (unpaired) electrons. The van der Waals surface area contributed by atoms with Crippen LogP contribution in [0, 0.1) is 0 Å². The third kappa shape index (κ3) is 8.92. The normalized spacial score (nSPS) is 10.3. The van der Waals surface area contributed by atoms with Gasteiger partial charge in [-0.05, 0) is 60.7 Å². The molecule has 0 unspecified atom stereocenters. The van der Waals surface area contributed by atoms with Crippen molar-refractivity contribution in [3.05, 3.63) is 88.4 Å². The van der Waals surface area contributed by atoms with Crippen LogP contribution >= 0.6 is 35.0 Å². The van der Waals surface area contributed by atoms with E-state index < -0.39 is 24.4 Å². The molecule has 0 saturated carbocycles. The molecular formula is C25H21Cl2N3O5S. The van der Waals surface area contributed by atoms with Crippen LogP contribution in [0.25, 0.3) is 0 Å². The van der Waals surface area contributed by atoms with Gasteiger partial charge in [-0.15, -0.1) is 0 Å². The molecule has 11 heteroatoms. The molecule has 186 valence electrons. The molecule has 0 bridgehead atoms. The van der Waals surface area contributed by atoms with Crippen molar-refractivity contribution in [1.29, 1.82) is 0 Å². The van der Waals surface area contributed by atoms with Crippen molar-refractivity contribution < 1.29 is 23.9 Å². The fraction of sp³-hybridized carbons (Fsp3) is 0.120. The Balaban J connectivity index is 1.33. The van der Waals surface area contributed by atoms with E-state index >= 15 is 0 Å². The second-order valence-electron chi connectivity index (χ2n) is 7.27. The Bertz CT molecular complexity index is 1240. The van der Waals surface area contributed by atoms with Gasteiger partial charge in [0.2, 0.25) is 5.91 Å². The molecule has 0 atom stereocenters. The highest BCUT2D eigenvalue weighted by Crippen LogP contribution is 2.29. The number of hydrogen-bond donors (Lipinski definition) is 3. The van der Waals surface area contributed by atoms with Crippen molar-refractivity contribution in [2.75, 3.05) is 11.9 Å². The zero-order valence-corrected chi connectivity index (χ0v) is 21.1. The van der Waals surface area contributed by atoms with Crippen LogP contribution in [-0.4, -0.2) is 30.3 Å². The van der Waals surface area contributed by atoms with Gasteiger partial charge in [0.25, 0.3) is 11.8 Å². The van der Waals surface area contributed by atoms with Crippen molar-refractivity contribution in [2.45, 2.75) is 22.6 Å². The predicted molar refractivity (Wildman–Crippen MR) is 138 cm³/mol. The topological polar surface area (TPSA) is 114 Å². The molecule has 0 spiro atoms. The van der Waals surface area contributed by atoms with Gasteiger partial charge in [0.1, 0.15) is 0 Å². The molecule has 3 amide bonds. The highest BCUT2D eigenvalue weighted by atomic mass is 35.5. The number of amides is 3. The number of anilines is 1. The van der Waals surface area contributed by atoms with Gasteiger partial charge in [-0.25, -0.2) is 0 Å². The number of nitrogens with one attached hydrogen (secondary N) is 3. The van der Waals surface area contributed by atoms with Crippen LogP contribution in [0.15, 0.2) is 82.6 Å². The molecular weight excluding hydrogens is 525 g/mol. The standard InChI is InChI=1S/C25H21Cl2N3O5S/c26-16-5-9-18(10-6-16)36-19-11-7-17(8-12-19)28-22(31)13-14-24(33)35-15-23(32)29-30-25(34)20-3-1-2-4-21(20)27/h1-12H,13-15H2,(H,28,31)(H,29,32)(H,30,34). The predicted octanol–water partition coefficient (Wildman–Crippen LogP) is 4.87. The van der Waals surface area contributed by atoms with E-state index in [1.807, 2.05) is 36.4 Å². The number of esters is 1. The minimum atomic E-state index is -0.746. The molecule has 0 fully saturated rings. The first-order valence-corrected chi connectivity index (χ1v) is 12.2. The van der Waals surface area contributed by atoms with Crippen LogP contribution in [0.3, 0.4) is 0 Å². The Morgan fingerprint density at radius 1 is 0.750 bits per heavy atom. The molecule has 0 heterocycles. The molecule has 0 aliphatic heterocycles. The SMILES string of the molecule is O=C(COC(=O)CCC(=O)Nc1ccc(Sc2ccc(Cl)cc2)cc1)NNC(=O)c1ccccc1Cl. The summed E-state index contributed by atoms with van der Waals surface area (Å²) >= 11 is 13.4. The van der Waals surface area contributed by atoms with Crippen molar-refractivity contribution in [1.82, 2.24) is 10.9 Å². The molecule has 0 aliphatic rings. The average Bonchev–Trinajstić information content (AvgIpc) is 2.87. The first-order chi connectivity index (χ1) is 17.3. The van der Waals surface area contributed by atoms with Crippen molar-refractivity contribution in [3.63, 3.8) is 0 Å². The minimum Gasteiger partial charge on any atom is -0.455 e. The zero-order valence-electron chi connectivity index (χ0n) is 18.8. The van der Waals surface area contributed by atoms with E-state index in [9.17, 15) is 19.2 Å². The largest absolute Gasteiger partial charge is 0.455 e. The minimum absolute atomic E-state index is 0.120. The Morgan fingerprint density at radius 2 is 1.39 bits per heavy atom. The van der Waals surface area contributed by atoms with Crippen LogP contribution in [0.4, 0.5) is 5.69 Å². The molecule has 3 aromatic rings. The maximum atomic E-state index is 12.1. The molecule has 0 aliphatic carbocycles. The lowest BCUT2D eigenvalue weighted by Crippen LogP contribution is -2.43. The summed E-state index contributed by atoms with van der Waals surface area (Å²) in [5, 5.41) is 3.60. The maximum absolute atomic E-state index is 12.1. The Morgan fingerprint density at radius 3 is 2.06 bits per heavy atom. The average molecular weight is 546 g/mol. The highest BCUT2D eigenvalue weighted by Gasteiger charge is 2.13. The van der Waals surface area contributed by atoms with Crippen LogP contribution in [0.5, 0.6) is 0 Å². The van der Waals surface area contributed by atoms with Crippen LogP contribution in [0.1, 0.15) is 23.2 Å². The van der Waals surface area contributed by atoms with Crippen molar-refractivity contribution >= 4 is 64.3 Å². The van der Waals surface area contributed by atoms with E-state index in [0.29, 0.717) is 10.7 Å². The van der Waals surface area contributed by atoms with Gasteiger partial charge in [-0.1, -0.05) is 47.1 Å². The van der Waals surface area contributed by atoms with E-state index in [4.69, 9.17) is 27.9 Å². The molecule has 3 aromatic carbocycles. The van der Waals surface area contributed by atoms with Gasteiger partial charge < -0.3 is 10.1 Å². The zero-order chi connectivity index (χ0) is 25.9. The summed E-state index contributed by atoms with van der Waals surface area (Å²) in [6.45, 7) is -0.615. The summed E-state index contributed by atoms with van der Waals surface area (Å²) < 4.78 is 4.83. The number of hydrazine groups is 1. The lowest BCUT2D eigenvalue weighted by atomic mass is 10.2. The fourth-order valence-corrected chi connectivity index (χ4v) is 3.94. The second-order valence-corrected chi connectivity index (χ2v) is 9.26. The summed E-state index contributed by atoms with van der Waals surface area (Å²) in [6.07, 6.45) is -0.333. The van der Waals surface area contributed by atoms with Gasteiger partial charge in [-0.3, -0.25) is 30.0 Å². The van der Waals surface area contributed by atoms with Crippen LogP contribution in [-0.2, 0) is 19.1 Å². The number of rotatable bonds is 9. The van der Waals surface area contributed by atoms with Crippen LogP contribution < -0.4 is 16.2 Å². The molecule has 36 heavy (non-hydrogen) atoms.